The van der Waals surface area contributed by atoms with E-state index in [0.29, 0.717) is 6.42 Å². The van der Waals surface area contributed by atoms with E-state index in [0.717, 1.165) is 38.0 Å². The Bertz CT molecular complexity index is 977. The van der Waals surface area contributed by atoms with Crippen molar-refractivity contribution in [1.82, 2.24) is 5.32 Å². The van der Waals surface area contributed by atoms with E-state index in [1.165, 1.54) is 135 Å². The summed E-state index contributed by atoms with van der Waals surface area (Å²) in [5.74, 6) is 0.115. The van der Waals surface area contributed by atoms with Gasteiger partial charge in [0, 0.05) is 0 Å². The highest BCUT2D eigenvalue weighted by Crippen LogP contribution is 2.23. The maximum absolute atomic E-state index is 13.0. The first-order valence-corrected chi connectivity index (χ1v) is 23.5. The minimum atomic E-state index is -1.61. The lowest BCUT2D eigenvalue weighted by molar-refractivity contribution is -0.302. The van der Waals surface area contributed by atoms with Crippen LogP contribution in [0.5, 0.6) is 0 Å². The van der Waals surface area contributed by atoms with Crippen LogP contribution >= 0.6 is 0 Å². The molecule has 1 fully saturated rings. The third-order valence-corrected chi connectivity index (χ3v) is 11.3. The smallest absolute Gasteiger partial charge is 0.249 e. The molecule has 0 radical (unpaired) electrons. The highest BCUT2D eigenvalue weighted by atomic mass is 16.7. The van der Waals surface area contributed by atoms with Gasteiger partial charge < -0.3 is 45.4 Å². The third kappa shape index (κ3) is 27.9. The van der Waals surface area contributed by atoms with Crippen LogP contribution in [0, 0.1) is 5.92 Å². The summed E-state index contributed by atoms with van der Waals surface area (Å²) < 4.78 is 11.1. The molecule has 0 aromatic carbocycles. The molecule has 8 unspecified atom stereocenters. The number of hydrogen-bond acceptors (Lipinski definition) is 9. The number of hydrogen-bond donors (Lipinski definition) is 7. The van der Waals surface area contributed by atoms with E-state index < -0.39 is 61.5 Å². The molecule has 0 aliphatic carbocycles. The van der Waals surface area contributed by atoms with Gasteiger partial charge in [-0.15, -0.1) is 0 Å². The fourth-order valence-electron chi connectivity index (χ4n) is 7.41. The lowest BCUT2D eigenvalue weighted by Crippen LogP contribution is -2.60. The van der Waals surface area contributed by atoms with E-state index in [9.17, 15) is 35.4 Å². The quantitative estimate of drug-likeness (QED) is 0.0238. The number of ether oxygens (including phenoxy) is 2. The molecule has 1 rings (SSSR count). The van der Waals surface area contributed by atoms with E-state index >= 15 is 0 Å². The summed E-state index contributed by atoms with van der Waals surface area (Å²) in [7, 11) is 0. The van der Waals surface area contributed by atoms with E-state index in [4.69, 9.17) is 9.47 Å². The van der Waals surface area contributed by atoms with Crippen LogP contribution in [0.1, 0.15) is 201 Å². The Morgan fingerprint density at radius 2 is 1.11 bits per heavy atom. The number of aliphatic hydroxyl groups excluding tert-OH is 6. The van der Waals surface area contributed by atoms with Crippen molar-refractivity contribution < 1.29 is 44.9 Å². The number of aliphatic hydroxyl groups is 6. The molecule has 1 heterocycles. The number of amides is 1. The summed E-state index contributed by atoms with van der Waals surface area (Å²) in [6.07, 6.45) is 31.5. The van der Waals surface area contributed by atoms with Crippen LogP contribution in [0.15, 0.2) is 24.3 Å². The van der Waals surface area contributed by atoms with Gasteiger partial charge in [0.25, 0.3) is 0 Å². The zero-order valence-electron chi connectivity index (χ0n) is 36.6. The Morgan fingerprint density at radius 3 is 1.61 bits per heavy atom. The van der Waals surface area contributed by atoms with Crippen LogP contribution in [0.25, 0.3) is 0 Å². The minimum Gasteiger partial charge on any atom is -0.394 e. The van der Waals surface area contributed by atoms with Crippen molar-refractivity contribution in [3.8, 4) is 0 Å². The molecule has 7 N–H and O–H groups in total. The van der Waals surface area contributed by atoms with Crippen LogP contribution in [0.3, 0.4) is 0 Å². The van der Waals surface area contributed by atoms with Crippen molar-refractivity contribution in [2.24, 2.45) is 5.92 Å². The van der Waals surface area contributed by atoms with Crippen molar-refractivity contribution in [3.63, 3.8) is 0 Å². The number of carbonyl (C=O) groups excluding carboxylic acids is 1. The molecule has 336 valence electrons. The molecule has 0 aromatic heterocycles. The molecule has 57 heavy (non-hydrogen) atoms. The Balaban J connectivity index is 2.39. The second-order valence-electron chi connectivity index (χ2n) is 17.2. The standard InChI is InChI=1S/C47H89NO9/c1-4-5-6-7-8-9-10-11-12-13-14-15-16-17-18-19-22-26-29-32-35-41(51)46(55)48-39(37-56-47-45(54)44(53)43(52)42(36-49)57-47)40(50)34-31-28-25-23-20-21-24-27-30-33-38(2)3/h26,29,31,34,38-45,47,49-54H,4-25,27-28,30,32-33,35-37H2,1-3H3,(H,48,55). The molecule has 0 saturated carbocycles. The first-order chi connectivity index (χ1) is 27.6. The summed E-state index contributed by atoms with van der Waals surface area (Å²) in [6, 6.07) is -0.993. The lowest BCUT2D eigenvalue weighted by atomic mass is 9.99. The molecule has 1 aliphatic heterocycles. The fraction of sp³-hybridized carbons (Fsp3) is 0.894. The zero-order chi connectivity index (χ0) is 41.9. The van der Waals surface area contributed by atoms with Crippen molar-refractivity contribution in [3.05, 3.63) is 24.3 Å². The van der Waals surface area contributed by atoms with E-state index in [1.807, 2.05) is 12.2 Å². The first-order valence-electron chi connectivity index (χ1n) is 23.5. The fourth-order valence-corrected chi connectivity index (χ4v) is 7.41. The third-order valence-electron chi connectivity index (χ3n) is 11.3. The second kappa shape index (κ2) is 36.5. The summed E-state index contributed by atoms with van der Waals surface area (Å²) >= 11 is 0. The summed E-state index contributed by atoms with van der Waals surface area (Å²) in [5.41, 5.74) is 0. The molecule has 10 heteroatoms. The zero-order valence-corrected chi connectivity index (χ0v) is 36.6. The number of carbonyl (C=O) groups is 1. The maximum Gasteiger partial charge on any atom is 0.249 e. The van der Waals surface area contributed by atoms with Gasteiger partial charge in [-0.1, -0.05) is 186 Å². The van der Waals surface area contributed by atoms with E-state index in [2.05, 4.69) is 32.2 Å². The summed E-state index contributed by atoms with van der Waals surface area (Å²) in [5, 5.41) is 64.5. The molecule has 0 bridgehead atoms. The van der Waals surface area contributed by atoms with Crippen LogP contribution in [0.4, 0.5) is 0 Å². The molecular weight excluding hydrogens is 723 g/mol. The van der Waals surface area contributed by atoms with Gasteiger partial charge >= 0.3 is 0 Å². The van der Waals surface area contributed by atoms with Crippen molar-refractivity contribution in [2.45, 2.75) is 250 Å². The van der Waals surface area contributed by atoms with Gasteiger partial charge in [-0.05, 0) is 44.4 Å². The normalized spacial score (nSPS) is 21.8. The number of rotatable bonds is 38. The van der Waals surface area contributed by atoms with Crippen LogP contribution in [0.2, 0.25) is 0 Å². The lowest BCUT2D eigenvalue weighted by Gasteiger charge is -2.40. The molecule has 10 nitrogen and oxygen atoms in total. The molecule has 1 saturated heterocycles. The van der Waals surface area contributed by atoms with Gasteiger partial charge in [-0.3, -0.25) is 4.79 Å². The summed E-state index contributed by atoms with van der Waals surface area (Å²) in [4.78, 5) is 13.0. The van der Waals surface area contributed by atoms with Gasteiger partial charge in [0.2, 0.25) is 5.91 Å². The Morgan fingerprint density at radius 1 is 0.632 bits per heavy atom. The van der Waals surface area contributed by atoms with Gasteiger partial charge in [-0.25, -0.2) is 0 Å². The van der Waals surface area contributed by atoms with Crippen molar-refractivity contribution in [1.29, 1.82) is 0 Å². The highest BCUT2D eigenvalue weighted by Gasteiger charge is 2.44. The number of allylic oxidation sites excluding steroid dienone is 3. The van der Waals surface area contributed by atoms with Crippen LogP contribution < -0.4 is 5.32 Å². The predicted octanol–water partition coefficient (Wildman–Crippen LogP) is 8.72. The highest BCUT2D eigenvalue weighted by molar-refractivity contribution is 5.80. The van der Waals surface area contributed by atoms with Crippen molar-refractivity contribution >= 4 is 5.91 Å². The topological polar surface area (TPSA) is 169 Å². The van der Waals surface area contributed by atoms with Gasteiger partial charge in [0.05, 0.1) is 25.4 Å². The molecule has 0 spiro atoms. The maximum atomic E-state index is 13.0. The Hall–Kier alpha value is -1.37. The van der Waals surface area contributed by atoms with Gasteiger partial charge in [0.15, 0.2) is 6.29 Å². The van der Waals surface area contributed by atoms with Crippen LogP contribution in [-0.4, -0.2) is 98.7 Å². The average Bonchev–Trinajstić information content (AvgIpc) is 3.20. The van der Waals surface area contributed by atoms with Crippen molar-refractivity contribution in [2.75, 3.05) is 13.2 Å². The SMILES string of the molecule is CCCCCCCCCCCCCCCCCCC=CCCC(O)C(=O)NC(COC1OC(CO)C(O)C(O)C1O)C(O)C=CCCCCCCCCCC(C)C. The number of nitrogens with one attached hydrogen (secondary N) is 1. The molecule has 1 aliphatic rings. The van der Waals surface area contributed by atoms with E-state index in [-0.39, 0.29) is 13.0 Å². The van der Waals surface area contributed by atoms with Gasteiger partial charge in [-0.2, -0.15) is 0 Å². The predicted molar refractivity (Wildman–Crippen MR) is 232 cm³/mol. The second-order valence-corrected chi connectivity index (χ2v) is 17.2. The van der Waals surface area contributed by atoms with E-state index in [1.54, 1.807) is 6.08 Å². The molecule has 8 atom stereocenters. The Kier molecular flexibility index (Phi) is 34.3. The average molecular weight is 812 g/mol. The Labute approximate surface area is 348 Å². The monoisotopic (exact) mass is 812 g/mol. The largest absolute Gasteiger partial charge is 0.394 e. The number of unbranched alkanes of at least 4 members (excludes halogenated alkanes) is 23. The van der Waals surface area contributed by atoms with Gasteiger partial charge in [0.1, 0.15) is 30.5 Å². The molecule has 0 aromatic rings. The molecule has 1 amide bonds. The minimum absolute atomic E-state index is 0.227. The first kappa shape index (κ1) is 53.6. The summed E-state index contributed by atoms with van der Waals surface area (Å²) in [6.45, 7) is 5.88. The van der Waals surface area contributed by atoms with Crippen LogP contribution in [-0.2, 0) is 14.3 Å². The molecular formula is C47H89NO9.